The molecule has 17 heavy (non-hydrogen) atoms. The fraction of sp³-hybridized carbons (Fsp3) is 0.400. The van der Waals surface area contributed by atoms with Crippen LogP contribution in [-0.2, 0) is 6.54 Å². The third kappa shape index (κ3) is 2.57. The SMILES string of the molecule is CC(C)CCCn1ccc2cccc(C=O)c21. The van der Waals surface area contributed by atoms with Crippen LogP contribution in [0.5, 0.6) is 0 Å². The number of aryl methyl sites for hydroxylation is 1. The minimum absolute atomic E-state index is 0.738. The van der Waals surface area contributed by atoms with Crippen molar-refractivity contribution in [2.45, 2.75) is 33.2 Å². The lowest BCUT2D eigenvalue weighted by Gasteiger charge is -2.08. The molecule has 2 nitrogen and oxygen atoms in total. The van der Waals surface area contributed by atoms with Gasteiger partial charge in [-0.25, -0.2) is 0 Å². The molecule has 0 spiro atoms. The van der Waals surface area contributed by atoms with E-state index in [9.17, 15) is 4.79 Å². The number of hydrogen-bond acceptors (Lipinski definition) is 1. The van der Waals surface area contributed by atoms with Crippen molar-refractivity contribution >= 4 is 17.2 Å². The molecule has 2 rings (SSSR count). The number of carbonyl (C=O) groups excluding carboxylic acids is 1. The molecule has 0 atom stereocenters. The Hall–Kier alpha value is -1.57. The minimum atomic E-state index is 0.738. The van der Waals surface area contributed by atoms with Gasteiger partial charge in [-0.05, 0) is 30.9 Å². The number of hydrogen-bond donors (Lipinski definition) is 0. The molecule has 0 fully saturated rings. The predicted octanol–water partition coefficient (Wildman–Crippen LogP) is 3.89. The van der Waals surface area contributed by atoms with Gasteiger partial charge >= 0.3 is 0 Å². The van der Waals surface area contributed by atoms with Crippen LogP contribution in [0.4, 0.5) is 0 Å². The van der Waals surface area contributed by atoms with Gasteiger partial charge in [-0.15, -0.1) is 0 Å². The summed E-state index contributed by atoms with van der Waals surface area (Å²) in [5.41, 5.74) is 1.86. The Bertz CT molecular complexity index is 511. The smallest absolute Gasteiger partial charge is 0.152 e. The number of fused-ring (bicyclic) bond motifs is 1. The molecule has 0 aliphatic rings. The molecule has 0 aliphatic heterocycles. The fourth-order valence-electron chi connectivity index (χ4n) is 2.24. The molecule has 0 saturated heterocycles. The van der Waals surface area contributed by atoms with Gasteiger partial charge in [0.05, 0.1) is 5.52 Å². The molecule has 1 aromatic heterocycles. The van der Waals surface area contributed by atoms with Crippen LogP contribution in [0.2, 0.25) is 0 Å². The maximum Gasteiger partial charge on any atom is 0.152 e. The number of para-hydroxylation sites is 1. The molecular formula is C15H19NO. The van der Waals surface area contributed by atoms with Gasteiger partial charge in [-0.2, -0.15) is 0 Å². The highest BCUT2D eigenvalue weighted by Crippen LogP contribution is 2.20. The summed E-state index contributed by atoms with van der Waals surface area (Å²) in [4.78, 5) is 11.0. The van der Waals surface area contributed by atoms with Crippen LogP contribution in [0.25, 0.3) is 10.9 Å². The molecule has 1 heterocycles. The zero-order chi connectivity index (χ0) is 12.3. The first-order chi connectivity index (χ1) is 8.22. The highest BCUT2D eigenvalue weighted by atomic mass is 16.1. The Balaban J connectivity index is 2.25. The van der Waals surface area contributed by atoms with E-state index in [0.29, 0.717) is 0 Å². The van der Waals surface area contributed by atoms with E-state index in [2.05, 4.69) is 36.7 Å². The van der Waals surface area contributed by atoms with Crippen molar-refractivity contribution < 1.29 is 4.79 Å². The van der Waals surface area contributed by atoms with Gasteiger partial charge in [0.2, 0.25) is 0 Å². The maximum absolute atomic E-state index is 11.0. The molecular weight excluding hydrogens is 210 g/mol. The number of aldehydes is 1. The average Bonchev–Trinajstić information content (AvgIpc) is 2.72. The number of benzene rings is 1. The van der Waals surface area contributed by atoms with Crippen LogP contribution in [0.15, 0.2) is 30.5 Å². The Morgan fingerprint density at radius 3 is 2.82 bits per heavy atom. The molecule has 2 heteroatoms. The van der Waals surface area contributed by atoms with E-state index in [1.165, 1.54) is 6.42 Å². The third-order valence-corrected chi connectivity index (χ3v) is 3.13. The normalized spacial score (nSPS) is 11.2. The highest BCUT2D eigenvalue weighted by molar-refractivity contribution is 5.96. The van der Waals surface area contributed by atoms with Crippen molar-refractivity contribution in [2.24, 2.45) is 5.92 Å². The summed E-state index contributed by atoms with van der Waals surface area (Å²) in [7, 11) is 0. The largest absolute Gasteiger partial charge is 0.347 e. The van der Waals surface area contributed by atoms with Gasteiger partial charge < -0.3 is 4.57 Å². The lowest BCUT2D eigenvalue weighted by Crippen LogP contribution is -2.00. The zero-order valence-corrected chi connectivity index (χ0v) is 10.5. The molecule has 0 radical (unpaired) electrons. The summed E-state index contributed by atoms with van der Waals surface area (Å²) in [6.45, 7) is 5.47. The first kappa shape index (κ1) is 11.9. The van der Waals surface area contributed by atoms with Crippen molar-refractivity contribution in [3.05, 3.63) is 36.0 Å². The standard InChI is InChI=1S/C15H19NO/c1-12(2)5-4-9-16-10-8-13-6-3-7-14(11-17)15(13)16/h3,6-8,10-12H,4-5,9H2,1-2H3. The molecule has 2 aromatic rings. The van der Waals surface area contributed by atoms with Gasteiger partial charge in [0.1, 0.15) is 0 Å². The van der Waals surface area contributed by atoms with Gasteiger partial charge in [0, 0.05) is 23.7 Å². The molecule has 0 bridgehead atoms. The topological polar surface area (TPSA) is 22.0 Å². The maximum atomic E-state index is 11.0. The Morgan fingerprint density at radius 1 is 1.29 bits per heavy atom. The highest BCUT2D eigenvalue weighted by Gasteiger charge is 2.05. The van der Waals surface area contributed by atoms with Crippen LogP contribution >= 0.6 is 0 Å². The van der Waals surface area contributed by atoms with Gasteiger partial charge in [-0.1, -0.05) is 26.0 Å². The van der Waals surface area contributed by atoms with Crippen molar-refractivity contribution in [3.63, 3.8) is 0 Å². The Labute approximate surface area is 102 Å². The average molecular weight is 229 g/mol. The lowest BCUT2D eigenvalue weighted by atomic mass is 10.1. The van der Waals surface area contributed by atoms with Crippen molar-refractivity contribution in [3.8, 4) is 0 Å². The van der Waals surface area contributed by atoms with E-state index in [-0.39, 0.29) is 0 Å². The molecule has 0 amide bonds. The van der Waals surface area contributed by atoms with Gasteiger partial charge in [0.15, 0.2) is 6.29 Å². The predicted molar refractivity (Wildman–Crippen MR) is 71.4 cm³/mol. The lowest BCUT2D eigenvalue weighted by molar-refractivity contribution is 0.112. The van der Waals surface area contributed by atoms with E-state index in [1.807, 2.05) is 12.1 Å². The van der Waals surface area contributed by atoms with E-state index in [0.717, 1.165) is 41.6 Å². The van der Waals surface area contributed by atoms with Crippen LogP contribution in [0.1, 0.15) is 37.0 Å². The molecule has 0 aliphatic carbocycles. The van der Waals surface area contributed by atoms with Gasteiger partial charge in [0.25, 0.3) is 0 Å². The van der Waals surface area contributed by atoms with Crippen molar-refractivity contribution in [1.29, 1.82) is 0 Å². The zero-order valence-electron chi connectivity index (χ0n) is 10.5. The summed E-state index contributed by atoms with van der Waals surface area (Å²) in [5.74, 6) is 0.738. The van der Waals surface area contributed by atoms with Crippen LogP contribution in [-0.4, -0.2) is 10.9 Å². The number of carbonyl (C=O) groups is 1. The number of aromatic nitrogens is 1. The van der Waals surface area contributed by atoms with E-state index in [1.54, 1.807) is 0 Å². The second-order valence-electron chi connectivity index (χ2n) is 4.95. The summed E-state index contributed by atoms with van der Waals surface area (Å²) in [6, 6.07) is 7.96. The summed E-state index contributed by atoms with van der Waals surface area (Å²) in [5, 5.41) is 1.15. The molecule has 0 unspecified atom stereocenters. The minimum Gasteiger partial charge on any atom is -0.347 e. The quantitative estimate of drug-likeness (QED) is 0.713. The van der Waals surface area contributed by atoms with Crippen LogP contribution in [0.3, 0.4) is 0 Å². The van der Waals surface area contributed by atoms with E-state index in [4.69, 9.17) is 0 Å². The van der Waals surface area contributed by atoms with Crippen LogP contribution in [0, 0.1) is 5.92 Å². The summed E-state index contributed by atoms with van der Waals surface area (Å²) < 4.78 is 2.20. The monoisotopic (exact) mass is 229 g/mol. The fourth-order valence-corrected chi connectivity index (χ4v) is 2.24. The van der Waals surface area contributed by atoms with Gasteiger partial charge in [-0.3, -0.25) is 4.79 Å². The van der Waals surface area contributed by atoms with E-state index < -0.39 is 0 Å². The second kappa shape index (κ2) is 5.17. The summed E-state index contributed by atoms with van der Waals surface area (Å²) >= 11 is 0. The Kier molecular flexibility index (Phi) is 3.62. The second-order valence-corrected chi connectivity index (χ2v) is 4.95. The molecule has 0 saturated carbocycles. The molecule has 1 aromatic carbocycles. The number of rotatable bonds is 5. The Morgan fingerprint density at radius 2 is 2.12 bits per heavy atom. The van der Waals surface area contributed by atoms with Crippen molar-refractivity contribution in [1.82, 2.24) is 4.57 Å². The first-order valence-electron chi connectivity index (χ1n) is 6.25. The first-order valence-corrected chi connectivity index (χ1v) is 6.25. The van der Waals surface area contributed by atoms with E-state index >= 15 is 0 Å². The third-order valence-electron chi connectivity index (χ3n) is 3.13. The van der Waals surface area contributed by atoms with Crippen molar-refractivity contribution in [2.75, 3.05) is 0 Å². The van der Waals surface area contributed by atoms with Crippen LogP contribution < -0.4 is 0 Å². The number of nitrogens with zero attached hydrogens (tertiary/aromatic N) is 1. The molecule has 0 N–H and O–H groups in total. The molecule has 90 valence electrons. The summed E-state index contributed by atoms with van der Waals surface area (Å²) in [6.07, 6.45) is 5.41.